The van der Waals surface area contributed by atoms with Gasteiger partial charge in [0.25, 0.3) is 0 Å². The van der Waals surface area contributed by atoms with Crippen molar-refractivity contribution in [2.45, 2.75) is 32.2 Å². The molecule has 0 unspecified atom stereocenters. The van der Waals surface area contributed by atoms with Crippen molar-refractivity contribution in [2.75, 3.05) is 42.9 Å². The number of likely N-dealkylation sites (N-methyl/N-ethyl adjacent to an activating group) is 1. The quantitative estimate of drug-likeness (QED) is 0.693. The number of hydrogen-bond acceptors (Lipinski definition) is 6. The van der Waals surface area contributed by atoms with E-state index in [1.165, 1.54) is 0 Å². The first kappa shape index (κ1) is 18.3. The van der Waals surface area contributed by atoms with Gasteiger partial charge in [0.15, 0.2) is 11.5 Å². The van der Waals surface area contributed by atoms with Gasteiger partial charge in [-0.3, -0.25) is 0 Å². The minimum atomic E-state index is -0.160. The number of benzene rings is 1. The second-order valence-corrected chi connectivity index (χ2v) is 7.88. The van der Waals surface area contributed by atoms with Crippen molar-refractivity contribution < 1.29 is 4.39 Å². The van der Waals surface area contributed by atoms with Crippen LogP contribution in [0.5, 0.6) is 0 Å². The zero-order valence-corrected chi connectivity index (χ0v) is 16.7. The Morgan fingerprint density at radius 2 is 1.90 bits per heavy atom. The lowest BCUT2D eigenvalue weighted by Gasteiger charge is -2.35. The van der Waals surface area contributed by atoms with Crippen LogP contribution in [0.25, 0.3) is 5.65 Å². The van der Waals surface area contributed by atoms with Crippen molar-refractivity contribution in [1.82, 2.24) is 24.7 Å². The Labute approximate surface area is 169 Å². The molecule has 1 aromatic carbocycles. The predicted molar refractivity (Wildman–Crippen MR) is 111 cm³/mol. The lowest BCUT2D eigenvalue weighted by Crippen LogP contribution is -2.46. The third-order valence-electron chi connectivity index (χ3n) is 5.88. The van der Waals surface area contributed by atoms with Crippen molar-refractivity contribution in [3.8, 4) is 0 Å². The van der Waals surface area contributed by atoms with Crippen LogP contribution in [0.1, 0.15) is 37.1 Å². The molecule has 0 atom stereocenters. The second-order valence-electron chi connectivity index (χ2n) is 7.88. The summed E-state index contributed by atoms with van der Waals surface area (Å²) in [5.41, 5.74) is 2.35. The Balaban J connectivity index is 1.26. The number of aromatic nitrogens is 4. The van der Waals surface area contributed by atoms with E-state index in [-0.39, 0.29) is 5.82 Å². The molecule has 0 spiro atoms. The van der Waals surface area contributed by atoms with Crippen molar-refractivity contribution in [3.05, 3.63) is 47.5 Å². The van der Waals surface area contributed by atoms with Gasteiger partial charge in [0, 0.05) is 38.6 Å². The zero-order valence-electron chi connectivity index (χ0n) is 16.7. The Hall–Kier alpha value is -2.74. The van der Waals surface area contributed by atoms with Crippen LogP contribution in [0.15, 0.2) is 30.3 Å². The van der Waals surface area contributed by atoms with Crippen LogP contribution < -0.4 is 10.2 Å². The summed E-state index contributed by atoms with van der Waals surface area (Å²) in [6.45, 7) is 7.45. The molecule has 29 heavy (non-hydrogen) atoms. The molecule has 2 aliphatic rings. The van der Waals surface area contributed by atoms with Gasteiger partial charge in [-0.05, 0) is 49.2 Å². The summed E-state index contributed by atoms with van der Waals surface area (Å²) < 4.78 is 16.6. The molecule has 1 saturated carbocycles. The van der Waals surface area contributed by atoms with E-state index in [2.05, 4.69) is 37.3 Å². The van der Waals surface area contributed by atoms with E-state index in [1.807, 2.05) is 28.8 Å². The van der Waals surface area contributed by atoms with Crippen LogP contribution in [0.4, 0.5) is 15.9 Å². The zero-order chi connectivity index (χ0) is 19.8. The van der Waals surface area contributed by atoms with Crippen molar-refractivity contribution in [3.63, 3.8) is 0 Å². The van der Waals surface area contributed by atoms with Crippen LogP contribution >= 0.6 is 0 Å². The number of piperazine rings is 1. The number of nitrogens with zero attached hydrogens (tertiary/aromatic N) is 6. The van der Waals surface area contributed by atoms with Gasteiger partial charge in [-0.15, -0.1) is 15.3 Å². The number of rotatable bonds is 6. The van der Waals surface area contributed by atoms with Crippen molar-refractivity contribution >= 4 is 17.2 Å². The van der Waals surface area contributed by atoms with Crippen molar-refractivity contribution in [2.24, 2.45) is 0 Å². The monoisotopic (exact) mass is 395 g/mol. The maximum Gasteiger partial charge on any atom is 0.178 e. The summed E-state index contributed by atoms with van der Waals surface area (Å²) in [6.07, 6.45) is 2.30. The Morgan fingerprint density at radius 3 is 2.62 bits per heavy atom. The van der Waals surface area contributed by atoms with Crippen molar-refractivity contribution in [1.29, 1.82) is 0 Å². The fourth-order valence-corrected chi connectivity index (χ4v) is 3.91. The molecule has 0 radical (unpaired) electrons. The summed E-state index contributed by atoms with van der Waals surface area (Å²) in [4.78, 5) is 4.53. The van der Waals surface area contributed by atoms with Gasteiger partial charge in [0.05, 0.1) is 5.69 Å². The molecule has 1 aliphatic heterocycles. The Kier molecular flexibility index (Phi) is 4.79. The van der Waals surface area contributed by atoms with E-state index < -0.39 is 0 Å². The Bertz CT molecular complexity index is 1010. The molecular weight excluding hydrogens is 369 g/mol. The van der Waals surface area contributed by atoms with E-state index in [4.69, 9.17) is 0 Å². The first-order chi connectivity index (χ1) is 14.2. The van der Waals surface area contributed by atoms with E-state index in [9.17, 15) is 4.39 Å². The highest BCUT2D eigenvalue weighted by atomic mass is 19.1. The highest BCUT2D eigenvalue weighted by molar-refractivity contribution is 5.50. The first-order valence-corrected chi connectivity index (χ1v) is 10.4. The molecule has 2 aromatic heterocycles. The number of hydrogen-bond donors (Lipinski definition) is 1. The lowest BCUT2D eigenvalue weighted by molar-refractivity contribution is 0.270. The second kappa shape index (κ2) is 7.59. The highest BCUT2D eigenvalue weighted by Gasteiger charge is 2.29. The summed E-state index contributed by atoms with van der Waals surface area (Å²) >= 11 is 0. The third kappa shape index (κ3) is 3.76. The van der Waals surface area contributed by atoms with Gasteiger partial charge in [-0.2, -0.15) is 4.52 Å². The molecular formula is C21H26FN7. The van der Waals surface area contributed by atoms with Gasteiger partial charge in [-0.1, -0.05) is 13.0 Å². The van der Waals surface area contributed by atoms with Crippen LogP contribution in [-0.4, -0.2) is 57.4 Å². The molecule has 0 amide bonds. The number of nitrogens with one attached hydrogen (secondary N) is 1. The van der Waals surface area contributed by atoms with E-state index >= 15 is 0 Å². The number of halogens is 1. The average Bonchev–Trinajstić information content (AvgIpc) is 3.51. The van der Waals surface area contributed by atoms with Gasteiger partial charge >= 0.3 is 0 Å². The first-order valence-electron chi connectivity index (χ1n) is 10.4. The molecule has 5 rings (SSSR count). The standard InChI is InChI=1S/C21H26FN7/c1-2-27-9-11-28(12-10-27)18-6-3-15(13-17(18)22)14-23-19-7-8-20-24-25-21(16-4-5-16)29(20)26-19/h3,6-8,13,16H,2,4-5,9-12,14H2,1H3,(H,23,26). The van der Waals surface area contributed by atoms with Gasteiger partial charge in [-0.25, -0.2) is 4.39 Å². The van der Waals surface area contributed by atoms with Crippen LogP contribution in [0, 0.1) is 5.82 Å². The lowest BCUT2D eigenvalue weighted by atomic mass is 10.1. The third-order valence-corrected chi connectivity index (χ3v) is 5.88. The summed E-state index contributed by atoms with van der Waals surface area (Å²) in [7, 11) is 0. The number of fused-ring (bicyclic) bond motifs is 1. The van der Waals surface area contributed by atoms with Crippen LogP contribution in [0.3, 0.4) is 0 Å². The fraction of sp³-hybridized carbons (Fsp3) is 0.476. The molecule has 3 aromatic rings. The maximum absolute atomic E-state index is 14.7. The molecule has 1 saturated heterocycles. The molecule has 1 aliphatic carbocycles. The largest absolute Gasteiger partial charge is 0.367 e. The average molecular weight is 395 g/mol. The smallest absolute Gasteiger partial charge is 0.178 e. The molecule has 7 nitrogen and oxygen atoms in total. The van der Waals surface area contributed by atoms with E-state index in [0.29, 0.717) is 18.2 Å². The van der Waals surface area contributed by atoms with E-state index in [0.717, 1.165) is 68.4 Å². The fourth-order valence-electron chi connectivity index (χ4n) is 3.91. The number of anilines is 2. The normalized spacial score (nSPS) is 17.8. The maximum atomic E-state index is 14.7. The summed E-state index contributed by atoms with van der Waals surface area (Å²) in [6, 6.07) is 9.31. The summed E-state index contributed by atoms with van der Waals surface area (Å²) in [5, 5.41) is 16.3. The van der Waals surface area contributed by atoms with Gasteiger partial charge < -0.3 is 15.1 Å². The molecule has 8 heteroatoms. The van der Waals surface area contributed by atoms with Crippen LogP contribution in [0.2, 0.25) is 0 Å². The SMILES string of the molecule is CCN1CCN(c2ccc(CNc3ccc4nnc(C5CC5)n4n3)cc2F)CC1. The predicted octanol–water partition coefficient (Wildman–Crippen LogP) is 2.89. The minimum absolute atomic E-state index is 0.160. The molecule has 1 N–H and O–H groups in total. The molecule has 3 heterocycles. The highest BCUT2D eigenvalue weighted by Crippen LogP contribution is 2.38. The topological polar surface area (TPSA) is 61.6 Å². The van der Waals surface area contributed by atoms with E-state index in [1.54, 1.807) is 6.07 Å². The van der Waals surface area contributed by atoms with Gasteiger partial charge in [0.1, 0.15) is 11.6 Å². The molecule has 2 fully saturated rings. The Morgan fingerprint density at radius 1 is 1.07 bits per heavy atom. The van der Waals surface area contributed by atoms with Gasteiger partial charge in [0.2, 0.25) is 0 Å². The summed E-state index contributed by atoms with van der Waals surface area (Å²) in [5.74, 6) is 1.99. The molecule has 0 bridgehead atoms. The minimum Gasteiger partial charge on any atom is -0.367 e. The molecule has 152 valence electrons. The van der Waals surface area contributed by atoms with Crippen LogP contribution in [-0.2, 0) is 6.54 Å².